The molecule has 0 aliphatic carbocycles. The van der Waals surface area contributed by atoms with E-state index in [2.05, 4.69) is 42.1 Å². The number of aromatic amines is 1. The first-order chi connectivity index (χ1) is 12.5. The van der Waals surface area contributed by atoms with Gasteiger partial charge in [-0.1, -0.05) is 22.0 Å². The minimum absolute atomic E-state index is 0.0248. The molecule has 2 heterocycles. The standard InChI is InChI=1S/C20H23BrN4O/c1-13-10-19(15(3)25(13)18-8-4-7-17(21)11-18)20(26)22-9-5-6-16-12-23-24-14(16)2/h4,7-8,10-12H,5-6,9H2,1-3H3,(H,22,26)(H,23,24). The monoisotopic (exact) mass is 414 g/mol. The highest BCUT2D eigenvalue weighted by Crippen LogP contribution is 2.23. The molecule has 26 heavy (non-hydrogen) atoms. The van der Waals surface area contributed by atoms with E-state index in [1.54, 1.807) is 0 Å². The van der Waals surface area contributed by atoms with Crippen molar-refractivity contribution in [1.82, 2.24) is 20.1 Å². The number of aromatic nitrogens is 3. The average Bonchev–Trinajstić information content (AvgIpc) is 3.14. The van der Waals surface area contributed by atoms with E-state index in [0.717, 1.165) is 45.6 Å². The van der Waals surface area contributed by atoms with E-state index in [1.165, 1.54) is 5.56 Å². The lowest BCUT2D eigenvalue weighted by Crippen LogP contribution is -2.25. The van der Waals surface area contributed by atoms with Crippen molar-refractivity contribution in [1.29, 1.82) is 0 Å². The van der Waals surface area contributed by atoms with Gasteiger partial charge in [0.25, 0.3) is 5.91 Å². The molecule has 0 aliphatic heterocycles. The molecule has 1 aromatic carbocycles. The van der Waals surface area contributed by atoms with Crippen molar-refractivity contribution in [2.24, 2.45) is 0 Å². The summed E-state index contributed by atoms with van der Waals surface area (Å²) in [7, 11) is 0. The van der Waals surface area contributed by atoms with Gasteiger partial charge in [0, 0.05) is 33.8 Å². The second-order valence-corrected chi connectivity index (χ2v) is 7.40. The van der Waals surface area contributed by atoms with Crippen molar-refractivity contribution in [2.75, 3.05) is 6.54 Å². The topological polar surface area (TPSA) is 62.7 Å². The zero-order valence-electron chi connectivity index (χ0n) is 15.3. The molecule has 3 rings (SSSR count). The minimum Gasteiger partial charge on any atom is -0.352 e. The molecule has 0 spiro atoms. The highest BCUT2D eigenvalue weighted by atomic mass is 79.9. The number of amides is 1. The summed E-state index contributed by atoms with van der Waals surface area (Å²) in [4.78, 5) is 12.6. The van der Waals surface area contributed by atoms with Crippen LogP contribution in [0.3, 0.4) is 0 Å². The van der Waals surface area contributed by atoms with Crippen LogP contribution in [0.5, 0.6) is 0 Å². The van der Waals surface area contributed by atoms with E-state index in [4.69, 9.17) is 0 Å². The van der Waals surface area contributed by atoms with E-state index in [0.29, 0.717) is 6.54 Å². The fourth-order valence-corrected chi connectivity index (χ4v) is 3.60. The molecule has 136 valence electrons. The fraction of sp³-hybridized carbons (Fsp3) is 0.300. The number of rotatable bonds is 6. The third kappa shape index (κ3) is 3.90. The van der Waals surface area contributed by atoms with Crippen LogP contribution in [0.2, 0.25) is 0 Å². The molecule has 5 nitrogen and oxygen atoms in total. The number of benzene rings is 1. The van der Waals surface area contributed by atoms with Crippen molar-refractivity contribution in [2.45, 2.75) is 33.6 Å². The molecule has 0 aliphatic rings. The van der Waals surface area contributed by atoms with E-state index in [1.807, 2.05) is 51.2 Å². The number of hydrogen-bond donors (Lipinski definition) is 2. The largest absolute Gasteiger partial charge is 0.352 e. The minimum atomic E-state index is -0.0248. The van der Waals surface area contributed by atoms with E-state index in [-0.39, 0.29) is 5.91 Å². The molecule has 6 heteroatoms. The van der Waals surface area contributed by atoms with Crippen LogP contribution < -0.4 is 5.32 Å². The van der Waals surface area contributed by atoms with Gasteiger partial charge in [-0.15, -0.1) is 0 Å². The van der Waals surface area contributed by atoms with Crippen molar-refractivity contribution < 1.29 is 4.79 Å². The molecular formula is C20H23BrN4O. The Kier molecular flexibility index (Phi) is 5.61. The van der Waals surface area contributed by atoms with Crippen LogP contribution in [-0.2, 0) is 6.42 Å². The smallest absolute Gasteiger partial charge is 0.253 e. The highest BCUT2D eigenvalue weighted by Gasteiger charge is 2.16. The third-order valence-electron chi connectivity index (χ3n) is 4.58. The summed E-state index contributed by atoms with van der Waals surface area (Å²) in [5, 5.41) is 9.99. The summed E-state index contributed by atoms with van der Waals surface area (Å²) in [5.74, 6) is -0.0248. The maximum Gasteiger partial charge on any atom is 0.253 e. The first-order valence-corrected chi connectivity index (χ1v) is 9.48. The molecule has 3 aromatic rings. The van der Waals surface area contributed by atoms with E-state index < -0.39 is 0 Å². The van der Waals surface area contributed by atoms with Crippen LogP contribution in [-0.4, -0.2) is 27.2 Å². The molecule has 2 aromatic heterocycles. The van der Waals surface area contributed by atoms with Crippen LogP contribution in [0, 0.1) is 20.8 Å². The number of carbonyl (C=O) groups excluding carboxylic acids is 1. The maximum atomic E-state index is 12.6. The Morgan fingerprint density at radius 1 is 1.27 bits per heavy atom. The molecule has 0 fully saturated rings. The molecule has 0 atom stereocenters. The summed E-state index contributed by atoms with van der Waals surface area (Å²) < 4.78 is 3.12. The Labute approximate surface area is 161 Å². The molecular weight excluding hydrogens is 392 g/mol. The van der Waals surface area contributed by atoms with Gasteiger partial charge >= 0.3 is 0 Å². The van der Waals surface area contributed by atoms with Crippen molar-refractivity contribution in [3.63, 3.8) is 0 Å². The Morgan fingerprint density at radius 3 is 2.77 bits per heavy atom. The van der Waals surface area contributed by atoms with Gasteiger partial charge in [0.2, 0.25) is 0 Å². The summed E-state index contributed by atoms with van der Waals surface area (Å²) in [5.41, 5.74) is 6.05. The first kappa shape index (κ1) is 18.5. The number of H-pyrrole nitrogens is 1. The summed E-state index contributed by atoms with van der Waals surface area (Å²) in [6.45, 7) is 6.66. The van der Waals surface area contributed by atoms with E-state index >= 15 is 0 Å². The summed E-state index contributed by atoms with van der Waals surface area (Å²) in [6, 6.07) is 10.0. The van der Waals surface area contributed by atoms with Crippen molar-refractivity contribution in [3.05, 3.63) is 69.2 Å². The lowest BCUT2D eigenvalue weighted by molar-refractivity contribution is 0.0952. The Bertz CT molecular complexity index is 926. The fourth-order valence-electron chi connectivity index (χ4n) is 3.21. The van der Waals surface area contributed by atoms with Gasteiger partial charge in [-0.05, 0) is 63.4 Å². The Balaban J connectivity index is 1.66. The SMILES string of the molecule is Cc1[nH]ncc1CCCNC(=O)c1cc(C)n(-c2cccc(Br)c2)c1C. The Hall–Kier alpha value is -2.34. The molecule has 0 radical (unpaired) electrons. The predicted molar refractivity (Wildman–Crippen MR) is 107 cm³/mol. The van der Waals surface area contributed by atoms with Gasteiger partial charge < -0.3 is 9.88 Å². The van der Waals surface area contributed by atoms with Crippen LogP contribution in [0.25, 0.3) is 5.69 Å². The number of carbonyl (C=O) groups is 1. The normalized spacial score (nSPS) is 10.9. The number of hydrogen-bond acceptors (Lipinski definition) is 2. The van der Waals surface area contributed by atoms with Gasteiger partial charge in [-0.25, -0.2) is 0 Å². The van der Waals surface area contributed by atoms with Crippen molar-refractivity contribution >= 4 is 21.8 Å². The van der Waals surface area contributed by atoms with Gasteiger partial charge in [-0.2, -0.15) is 5.10 Å². The van der Waals surface area contributed by atoms with Crippen LogP contribution in [0.4, 0.5) is 0 Å². The highest BCUT2D eigenvalue weighted by molar-refractivity contribution is 9.10. The summed E-state index contributed by atoms with van der Waals surface area (Å²) >= 11 is 3.51. The lowest BCUT2D eigenvalue weighted by Gasteiger charge is -2.10. The molecule has 0 bridgehead atoms. The molecule has 0 unspecified atom stereocenters. The zero-order chi connectivity index (χ0) is 18.7. The van der Waals surface area contributed by atoms with Gasteiger partial charge in [-0.3, -0.25) is 9.89 Å². The molecule has 0 saturated carbocycles. The number of aryl methyl sites for hydroxylation is 3. The number of nitrogens with zero attached hydrogens (tertiary/aromatic N) is 2. The second kappa shape index (κ2) is 7.91. The van der Waals surface area contributed by atoms with Crippen LogP contribution in [0.15, 0.2) is 41.0 Å². The van der Waals surface area contributed by atoms with Crippen molar-refractivity contribution in [3.8, 4) is 5.69 Å². The second-order valence-electron chi connectivity index (χ2n) is 6.48. The first-order valence-electron chi connectivity index (χ1n) is 8.69. The lowest BCUT2D eigenvalue weighted by atomic mass is 10.1. The summed E-state index contributed by atoms with van der Waals surface area (Å²) in [6.07, 6.45) is 3.64. The van der Waals surface area contributed by atoms with Gasteiger partial charge in [0.05, 0.1) is 11.8 Å². The van der Waals surface area contributed by atoms with Crippen LogP contribution >= 0.6 is 15.9 Å². The zero-order valence-corrected chi connectivity index (χ0v) is 16.9. The Morgan fingerprint density at radius 2 is 2.08 bits per heavy atom. The molecule has 2 N–H and O–H groups in total. The van der Waals surface area contributed by atoms with Gasteiger partial charge in [0.1, 0.15) is 0 Å². The predicted octanol–water partition coefficient (Wildman–Crippen LogP) is 4.25. The third-order valence-corrected chi connectivity index (χ3v) is 5.08. The van der Waals surface area contributed by atoms with E-state index in [9.17, 15) is 4.79 Å². The maximum absolute atomic E-state index is 12.6. The van der Waals surface area contributed by atoms with Gasteiger partial charge in [0.15, 0.2) is 0 Å². The quantitative estimate of drug-likeness (QED) is 0.592. The number of nitrogens with one attached hydrogen (secondary N) is 2. The molecule has 0 saturated heterocycles. The average molecular weight is 415 g/mol. The molecule has 1 amide bonds. The number of halogens is 1. The van der Waals surface area contributed by atoms with Crippen LogP contribution in [0.1, 0.15) is 39.4 Å².